The Balaban J connectivity index is 1.51. The van der Waals surface area contributed by atoms with Crippen molar-refractivity contribution in [2.45, 2.75) is 18.9 Å². The normalized spacial score (nSPS) is 18.9. The number of ether oxygens (including phenoxy) is 2. The van der Waals surface area contributed by atoms with Crippen molar-refractivity contribution in [2.75, 3.05) is 69.7 Å². The summed E-state index contributed by atoms with van der Waals surface area (Å²) >= 11 is 22.6. The second-order valence-corrected chi connectivity index (χ2v) is 12.9. The number of likely N-dealkylation sites (tertiary alicyclic amines) is 1. The molecule has 2 aromatic carbocycles. The molecule has 0 bridgehead atoms. The molecule has 0 aliphatic carbocycles. The number of hydrogen-bond acceptors (Lipinski definition) is 8. The van der Waals surface area contributed by atoms with Gasteiger partial charge < -0.3 is 29.5 Å². The molecule has 222 valence electrons. The maximum absolute atomic E-state index is 12.2. The van der Waals surface area contributed by atoms with E-state index in [2.05, 4.69) is 51.3 Å². The Morgan fingerprint density at radius 3 is 2.64 bits per heavy atom. The molecule has 3 aromatic rings. The van der Waals surface area contributed by atoms with Gasteiger partial charge in [-0.15, -0.1) is 0 Å². The van der Waals surface area contributed by atoms with E-state index in [0.29, 0.717) is 89.7 Å². The van der Waals surface area contributed by atoms with Gasteiger partial charge in [0.15, 0.2) is 5.75 Å². The molecule has 3 aliphatic heterocycles. The SMILES string of the molecule is C=CC(=O)N1CCN(c2nc(OC[C@@H]3CCCN3C)nc3c4c(c(Cl)cc23)-c2c(I)c(Cl)cc(Cl)c2NCCO4)CC1. The first-order chi connectivity index (χ1) is 20.3. The molecule has 0 radical (unpaired) electrons. The number of nitrogens with zero attached hydrogens (tertiary/aromatic N) is 5. The molecule has 42 heavy (non-hydrogen) atoms. The lowest BCUT2D eigenvalue weighted by atomic mass is 9.99. The lowest BCUT2D eigenvalue weighted by molar-refractivity contribution is -0.126. The van der Waals surface area contributed by atoms with Crippen LogP contribution in [0.15, 0.2) is 24.8 Å². The number of fused-ring (bicyclic) bond motifs is 5. The fraction of sp³-hybridized carbons (Fsp3) is 0.414. The molecule has 4 heterocycles. The fourth-order valence-corrected chi connectivity index (χ4v) is 7.32. The molecule has 6 rings (SSSR count). The van der Waals surface area contributed by atoms with Gasteiger partial charge in [0, 0.05) is 58.8 Å². The number of halogens is 4. The van der Waals surface area contributed by atoms with Crippen molar-refractivity contribution in [2.24, 2.45) is 0 Å². The van der Waals surface area contributed by atoms with Crippen molar-refractivity contribution in [3.8, 4) is 22.9 Å². The predicted molar refractivity (Wildman–Crippen MR) is 177 cm³/mol. The minimum atomic E-state index is -0.0797. The van der Waals surface area contributed by atoms with Gasteiger partial charge in [-0.05, 0) is 67.2 Å². The number of hydrogen-bond donors (Lipinski definition) is 1. The summed E-state index contributed by atoms with van der Waals surface area (Å²) in [7, 11) is 2.11. The third-order valence-corrected chi connectivity index (χ3v) is 10.4. The van der Waals surface area contributed by atoms with Crippen molar-refractivity contribution >= 4 is 85.7 Å². The highest BCUT2D eigenvalue weighted by atomic mass is 127. The molecule has 1 amide bonds. The Morgan fingerprint density at radius 1 is 1.14 bits per heavy atom. The first-order valence-corrected chi connectivity index (χ1v) is 16.1. The van der Waals surface area contributed by atoms with Gasteiger partial charge in [0.1, 0.15) is 24.5 Å². The number of anilines is 2. The van der Waals surface area contributed by atoms with Gasteiger partial charge in [-0.25, -0.2) is 0 Å². The first kappa shape index (κ1) is 29.8. The van der Waals surface area contributed by atoms with Crippen LogP contribution in [0.4, 0.5) is 11.5 Å². The number of benzene rings is 2. The topological polar surface area (TPSA) is 83.1 Å². The first-order valence-electron chi connectivity index (χ1n) is 13.8. The molecule has 9 nitrogen and oxygen atoms in total. The van der Waals surface area contributed by atoms with E-state index in [1.165, 1.54) is 6.08 Å². The summed E-state index contributed by atoms with van der Waals surface area (Å²) in [6, 6.07) is 4.18. The van der Waals surface area contributed by atoms with Crippen molar-refractivity contribution in [3.63, 3.8) is 0 Å². The second-order valence-electron chi connectivity index (χ2n) is 10.6. The van der Waals surface area contributed by atoms with E-state index >= 15 is 0 Å². The number of carbonyl (C=O) groups is 1. The summed E-state index contributed by atoms with van der Waals surface area (Å²) in [5.41, 5.74) is 2.77. The van der Waals surface area contributed by atoms with Gasteiger partial charge in [0.05, 0.1) is 20.8 Å². The van der Waals surface area contributed by atoms with Crippen molar-refractivity contribution in [1.82, 2.24) is 19.8 Å². The third-order valence-electron chi connectivity index (χ3n) is 8.07. The van der Waals surface area contributed by atoms with Crippen molar-refractivity contribution in [1.29, 1.82) is 0 Å². The van der Waals surface area contributed by atoms with Crippen molar-refractivity contribution < 1.29 is 14.3 Å². The quantitative estimate of drug-likeness (QED) is 0.195. The molecule has 0 unspecified atom stereocenters. The smallest absolute Gasteiger partial charge is 0.319 e. The molecule has 1 aromatic heterocycles. The zero-order chi connectivity index (χ0) is 29.5. The summed E-state index contributed by atoms with van der Waals surface area (Å²) in [6.45, 7) is 8.30. The highest BCUT2D eigenvalue weighted by molar-refractivity contribution is 14.1. The maximum Gasteiger partial charge on any atom is 0.319 e. The second kappa shape index (κ2) is 12.4. The van der Waals surface area contributed by atoms with Crippen LogP contribution in [-0.4, -0.2) is 91.2 Å². The highest BCUT2D eigenvalue weighted by Crippen LogP contribution is 2.51. The van der Waals surface area contributed by atoms with E-state index in [4.69, 9.17) is 54.2 Å². The molecular formula is C29H30Cl3IN6O3. The molecule has 0 saturated carbocycles. The largest absolute Gasteiger partial charge is 0.489 e. The van der Waals surface area contributed by atoms with Crippen LogP contribution in [0.1, 0.15) is 12.8 Å². The minimum absolute atomic E-state index is 0.0797. The van der Waals surface area contributed by atoms with Crippen LogP contribution in [0.2, 0.25) is 15.1 Å². The fourth-order valence-electron chi connectivity index (χ4n) is 5.81. The Bertz CT molecular complexity index is 1570. The van der Waals surface area contributed by atoms with Gasteiger partial charge in [-0.2, -0.15) is 9.97 Å². The molecule has 2 fully saturated rings. The summed E-state index contributed by atoms with van der Waals surface area (Å²) in [5.74, 6) is 1.14. The highest BCUT2D eigenvalue weighted by Gasteiger charge is 2.30. The number of piperazine rings is 1. The molecule has 0 spiro atoms. The molecule has 2 saturated heterocycles. The van der Waals surface area contributed by atoms with Gasteiger partial charge in [-0.3, -0.25) is 4.79 Å². The Labute approximate surface area is 273 Å². The van der Waals surface area contributed by atoms with E-state index in [1.807, 2.05) is 6.07 Å². The standard InChI is InChI=1S/C29H30Cl3IN6O3/c1-3-21(40)38-8-10-39(11-9-38)28-17-13-18(30)22-23-24(33)19(31)14-20(32)26(23)34-6-12-41-27(22)25(17)35-29(36-28)42-15-16-5-4-7-37(16)2/h3,13-14,16,34H,1,4-12,15H2,2H3/t16-/m0/s1. The van der Waals surface area contributed by atoms with E-state index < -0.39 is 0 Å². The zero-order valence-corrected chi connectivity index (χ0v) is 27.5. The average molecular weight is 744 g/mol. The number of amides is 1. The van der Waals surface area contributed by atoms with Gasteiger partial charge in [-0.1, -0.05) is 41.4 Å². The Hall–Kier alpha value is -2.25. The van der Waals surface area contributed by atoms with Crippen LogP contribution >= 0.6 is 57.4 Å². The summed E-state index contributed by atoms with van der Waals surface area (Å²) in [5, 5.41) is 5.60. The van der Waals surface area contributed by atoms with Crippen LogP contribution in [0.3, 0.4) is 0 Å². The van der Waals surface area contributed by atoms with E-state index in [-0.39, 0.29) is 11.9 Å². The zero-order valence-electron chi connectivity index (χ0n) is 23.1. The predicted octanol–water partition coefficient (Wildman–Crippen LogP) is 5.97. The molecule has 13 heteroatoms. The van der Waals surface area contributed by atoms with E-state index in [1.54, 1.807) is 11.0 Å². The summed E-state index contributed by atoms with van der Waals surface area (Å²) < 4.78 is 13.5. The molecule has 1 atom stereocenters. The van der Waals surface area contributed by atoms with Crippen LogP contribution in [0, 0.1) is 3.57 Å². The molecule has 1 N–H and O–H groups in total. The van der Waals surface area contributed by atoms with Crippen LogP contribution in [-0.2, 0) is 4.79 Å². The number of aromatic nitrogens is 2. The minimum Gasteiger partial charge on any atom is -0.489 e. The number of nitrogens with one attached hydrogen (secondary N) is 1. The van der Waals surface area contributed by atoms with Crippen LogP contribution < -0.4 is 19.7 Å². The molecular weight excluding hydrogens is 714 g/mol. The average Bonchev–Trinajstić information content (AvgIpc) is 3.39. The molecule has 3 aliphatic rings. The van der Waals surface area contributed by atoms with E-state index in [9.17, 15) is 4.79 Å². The van der Waals surface area contributed by atoms with Gasteiger partial charge in [0.25, 0.3) is 0 Å². The summed E-state index contributed by atoms with van der Waals surface area (Å²) in [4.78, 5) is 28.3. The number of rotatable bonds is 5. The van der Waals surface area contributed by atoms with Gasteiger partial charge >= 0.3 is 6.01 Å². The van der Waals surface area contributed by atoms with Crippen LogP contribution in [0.25, 0.3) is 22.0 Å². The third kappa shape index (κ3) is 5.56. The summed E-state index contributed by atoms with van der Waals surface area (Å²) in [6.07, 6.45) is 3.55. The Kier molecular flexibility index (Phi) is 8.80. The number of likely N-dealkylation sites (N-methyl/N-ethyl adjacent to an activating group) is 1. The maximum atomic E-state index is 12.2. The van der Waals surface area contributed by atoms with Gasteiger partial charge in [0.2, 0.25) is 5.91 Å². The van der Waals surface area contributed by atoms with Crippen molar-refractivity contribution in [3.05, 3.63) is 43.4 Å². The number of carbonyl (C=O) groups excluding carboxylic acids is 1. The van der Waals surface area contributed by atoms with E-state index in [0.717, 1.165) is 39.6 Å². The lowest BCUT2D eigenvalue weighted by Gasteiger charge is -2.35. The van der Waals surface area contributed by atoms with Crippen LogP contribution in [0.5, 0.6) is 11.8 Å². The monoisotopic (exact) mass is 742 g/mol. The lowest BCUT2D eigenvalue weighted by Crippen LogP contribution is -2.48. The Morgan fingerprint density at radius 2 is 1.93 bits per heavy atom.